The molecule has 2 aliphatic rings. The molecule has 0 bridgehead atoms. The molecule has 1 aromatic carbocycles. The summed E-state index contributed by atoms with van der Waals surface area (Å²) in [5, 5.41) is 9.97. The molecule has 1 saturated heterocycles. The van der Waals surface area contributed by atoms with Gasteiger partial charge in [-0.15, -0.1) is 5.10 Å². The molecule has 2 heterocycles. The molecule has 0 unspecified atom stereocenters. The molecule has 1 aliphatic heterocycles. The molecule has 4 rings (SSSR count). The van der Waals surface area contributed by atoms with Crippen molar-refractivity contribution in [3.8, 4) is 0 Å². The van der Waals surface area contributed by atoms with Gasteiger partial charge in [-0.25, -0.2) is 9.89 Å². The minimum atomic E-state index is -0.192. The molecule has 8 heteroatoms. The summed E-state index contributed by atoms with van der Waals surface area (Å²) < 4.78 is 1.66. The fourth-order valence-corrected chi connectivity index (χ4v) is 3.92. The molecule has 0 atom stereocenters. The van der Waals surface area contributed by atoms with Gasteiger partial charge >= 0.3 is 5.69 Å². The highest BCUT2D eigenvalue weighted by molar-refractivity contribution is 7.99. The largest absolute Gasteiger partial charge is 0.372 e. The third kappa shape index (κ3) is 3.73. The van der Waals surface area contributed by atoms with Crippen molar-refractivity contribution in [3.63, 3.8) is 0 Å². The number of rotatable bonds is 6. The van der Waals surface area contributed by atoms with Crippen LogP contribution in [0, 0.1) is 0 Å². The summed E-state index contributed by atoms with van der Waals surface area (Å²) in [6.45, 7) is 2.21. The van der Waals surface area contributed by atoms with Gasteiger partial charge < -0.3 is 10.2 Å². The van der Waals surface area contributed by atoms with Gasteiger partial charge in [-0.1, -0.05) is 11.8 Å². The van der Waals surface area contributed by atoms with E-state index in [4.69, 9.17) is 0 Å². The standard InChI is InChI=1S/C17H21N5O2S/c23-15(11-25-17-20-19-16(24)22(17)14-7-8-14)18-12-3-5-13(6-4-12)21-9-1-2-10-21/h3-6,14H,1-2,7-11H2,(H,18,23)(H,19,24). The molecule has 1 saturated carbocycles. The molecule has 1 aromatic heterocycles. The number of carbonyl (C=O) groups excluding carboxylic acids is 1. The summed E-state index contributed by atoms with van der Waals surface area (Å²) in [4.78, 5) is 26.2. The van der Waals surface area contributed by atoms with Crippen LogP contribution in [0.4, 0.5) is 11.4 Å². The van der Waals surface area contributed by atoms with Gasteiger partial charge in [-0.3, -0.25) is 9.36 Å². The topological polar surface area (TPSA) is 83.0 Å². The van der Waals surface area contributed by atoms with Crippen LogP contribution in [-0.2, 0) is 4.79 Å². The van der Waals surface area contributed by atoms with E-state index in [0.717, 1.165) is 31.6 Å². The average molecular weight is 359 g/mol. The quantitative estimate of drug-likeness (QED) is 0.773. The fraction of sp³-hybridized carbons (Fsp3) is 0.471. The van der Waals surface area contributed by atoms with Crippen molar-refractivity contribution >= 4 is 29.0 Å². The van der Waals surface area contributed by atoms with Crippen LogP contribution in [0.2, 0.25) is 0 Å². The Labute approximate surface area is 149 Å². The molecule has 2 fully saturated rings. The molecule has 7 nitrogen and oxygen atoms in total. The predicted molar refractivity (Wildman–Crippen MR) is 98.4 cm³/mol. The normalized spacial score (nSPS) is 17.0. The maximum Gasteiger partial charge on any atom is 0.344 e. The van der Waals surface area contributed by atoms with E-state index < -0.39 is 0 Å². The summed E-state index contributed by atoms with van der Waals surface area (Å²) in [6.07, 6.45) is 4.49. The second kappa shape index (κ2) is 6.95. The lowest BCUT2D eigenvalue weighted by Gasteiger charge is -2.17. The first-order chi connectivity index (χ1) is 12.2. The third-order valence-corrected chi connectivity index (χ3v) is 5.49. The molecular weight excluding hydrogens is 338 g/mol. The van der Waals surface area contributed by atoms with E-state index in [1.807, 2.05) is 24.3 Å². The zero-order valence-electron chi connectivity index (χ0n) is 13.9. The third-order valence-electron chi connectivity index (χ3n) is 4.54. The number of amides is 1. The molecule has 2 N–H and O–H groups in total. The van der Waals surface area contributed by atoms with E-state index in [9.17, 15) is 9.59 Å². The molecular formula is C17H21N5O2S. The summed E-state index contributed by atoms with van der Waals surface area (Å²) in [5.74, 6) is 0.127. The number of aromatic nitrogens is 3. The number of nitrogens with one attached hydrogen (secondary N) is 2. The zero-order chi connectivity index (χ0) is 17.2. The van der Waals surface area contributed by atoms with Crippen LogP contribution in [0.25, 0.3) is 0 Å². The van der Waals surface area contributed by atoms with Gasteiger partial charge in [0.05, 0.1) is 5.75 Å². The lowest BCUT2D eigenvalue weighted by Crippen LogP contribution is -2.18. The Morgan fingerprint density at radius 2 is 1.96 bits per heavy atom. The number of H-pyrrole nitrogens is 1. The highest BCUT2D eigenvalue weighted by Crippen LogP contribution is 2.36. The van der Waals surface area contributed by atoms with Crippen LogP contribution in [0.1, 0.15) is 31.7 Å². The predicted octanol–water partition coefficient (Wildman–Crippen LogP) is 2.24. The van der Waals surface area contributed by atoms with Crippen LogP contribution in [0.3, 0.4) is 0 Å². The van der Waals surface area contributed by atoms with Crippen molar-refractivity contribution in [2.75, 3.05) is 29.1 Å². The van der Waals surface area contributed by atoms with E-state index >= 15 is 0 Å². The monoisotopic (exact) mass is 359 g/mol. The number of anilines is 2. The summed E-state index contributed by atoms with van der Waals surface area (Å²) in [5.41, 5.74) is 1.80. The Morgan fingerprint density at radius 3 is 2.64 bits per heavy atom. The number of nitrogens with zero attached hydrogens (tertiary/aromatic N) is 3. The van der Waals surface area contributed by atoms with Gasteiger partial charge in [0, 0.05) is 30.5 Å². The van der Waals surface area contributed by atoms with Crippen LogP contribution in [0.15, 0.2) is 34.2 Å². The van der Waals surface area contributed by atoms with Gasteiger partial charge in [0.25, 0.3) is 0 Å². The van der Waals surface area contributed by atoms with E-state index in [1.165, 1.54) is 30.3 Å². The van der Waals surface area contributed by atoms with Crippen molar-refractivity contribution < 1.29 is 4.79 Å². The maximum atomic E-state index is 12.2. The van der Waals surface area contributed by atoms with E-state index in [2.05, 4.69) is 20.4 Å². The van der Waals surface area contributed by atoms with Gasteiger partial charge in [0.15, 0.2) is 5.16 Å². The minimum absolute atomic E-state index is 0.100. The highest BCUT2D eigenvalue weighted by atomic mass is 32.2. The second-order valence-corrected chi connectivity index (χ2v) is 7.43. The number of benzene rings is 1. The number of carbonyl (C=O) groups is 1. The summed E-state index contributed by atoms with van der Waals surface area (Å²) in [7, 11) is 0. The first-order valence-corrected chi connectivity index (χ1v) is 9.64. The van der Waals surface area contributed by atoms with Crippen molar-refractivity contribution in [3.05, 3.63) is 34.7 Å². The van der Waals surface area contributed by atoms with Crippen molar-refractivity contribution in [1.29, 1.82) is 0 Å². The average Bonchev–Trinajstić information content (AvgIpc) is 3.16. The SMILES string of the molecule is O=C(CSc1n[nH]c(=O)n1C1CC1)Nc1ccc(N2CCCC2)cc1. The van der Waals surface area contributed by atoms with Crippen molar-refractivity contribution in [2.24, 2.45) is 0 Å². The Hall–Kier alpha value is -2.22. The Bertz CT molecular complexity index is 803. The Kier molecular flexibility index (Phi) is 4.52. The number of thioether (sulfide) groups is 1. The van der Waals surface area contributed by atoms with E-state index in [0.29, 0.717) is 5.16 Å². The van der Waals surface area contributed by atoms with Gasteiger partial charge in [-0.2, -0.15) is 0 Å². The number of aromatic amines is 1. The molecule has 1 aliphatic carbocycles. The molecule has 0 spiro atoms. The van der Waals surface area contributed by atoms with Crippen molar-refractivity contribution in [1.82, 2.24) is 14.8 Å². The summed E-state index contributed by atoms with van der Waals surface area (Å²) in [6, 6.07) is 8.21. The highest BCUT2D eigenvalue weighted by Gasteiger charge is 2.28. The van der Waals surface area contributed by atoms with Crippen LogP contribution in [-0.4, -0.2) is 39.5 Å². The Morgan fingerprint density at radius 1 is 1.24 bits per heavy atom. The first kappa shape index (κ1) is 16.3. The van der Waals surface area contributed by atoms with E-state index in [-0.39, 0.29) is 23.4 Å². The van der Waals surface area contributed by atoms with Crippen LogP contribution < -0.4 is 15.9 Å². The van der Waals surface area contributed by atoms with E-state index in [1.54, 1.807) is 4.57 Å². The summed E-state index contributed by atoms with van der Waals surface area (Å²) >= 11 is 1.29. The zero-order valence-corrected chi connectivity index (χ0v) is 14.7. The van der Waals surface area contributed by atoms with Gasteiger partial charge in [0.1, 0.15) is 0 Å². The fourth-order valence-electron chi connectivity index (χ4n) is 3.10. The van der Waals surface area contributed by atoms with Crippen molar-refractivity contribution in [2.45, 2.75) is 36.9 Å². The Balaban J connectivity index is 1.32. The minimum Gasteiger partial charge on any atom is -0.372 e. The van der Waals surface area contributed by atoms with Gasteiger partial charge in [0.2, 0.25) is 5.91 Å². The maximum absolute atomic E-state index is 12.2. The molecule has 132 valence electrons. The molecule has 0 radical (unpaired) electrons. The molecule has 25 heavy (non-hydrogen) atoms. The number of hydrogen-bond donors (Lipinski definition) is 2. The van der Waals surface area contributed by atoms with Gasteiger partial charge in [-0.05, 0) is 49.9 Å². The molecule has 2 aromatic rings. The molecule has 1 amide bonds. The smallest absolute Gasteiger partial charge is 0.344 e. The second-order valence-electron chi connectivity index (χ2n) is 6.49. The first-order valence-electron chi connectivity index (χ1n) is 8.65. The lowest BCUT2D eigenvalue weighted by atomic mass is 10.2. The van der Waals surface area contributed by atoms with Crippen LogP contribution in [0.5, 0.6) is 0 Å². The number of hydrogen-bond acceptors (Lipinski definition) is 5. The lowest BCUT2D eigenvalue weighted by molar-refractivity contribution is -0.113. The van der Waals surface area contributed by atoms with Crippen LogP contribution >= 0.6 is 11.8 Å².